The van der Waals surface area contributed by atoms with Gasteiger partial charge in [-0.25, -0.2) is 0 Å². The molecule has 0 bridgehead atoms. The van der Waals surface area contributed by atoms with Crippen LogP contribution in [0.25, 0.3) is 0 Å². The Balaban J connectivity index is 1.27. The average molecular weight is 619 g/mol. The molecule has 0 spiro atoms. The number of carboxylic acid groups (broad SMARTS) is 1. The molecule has 4 aliphatic rings. The van der Waals surface area contributed by atoms with Crippen molar-refractivity contribution in [3.05, 3.63) is 42.5 Å². The number of fused-ring (bicyclic) bond motifs is 1. The Morgan fingerprint density at radius 1 is 1.02 bits per heavy atom. The second-order valence-electron chi connectivity index (χ2n) is 12.3. The Labute approximate surface area is 261 Å². The summed E-state index contributed by atoms with van der Waals surface area (Å²) >= 11 is 1.56. The van der Waals surface area contributed by atoms with Crippen molar-refractivity contribution in [1.29, 1.82) is 0 Å². The van der Waals surface area contributed by atoms with Gasteiger partial charge in [-0.05, 0) is 87.5 Å². The molecule has 0 amide bonds. The van der Waals surface area contributed by atoms with Crippen molar-refractivity contribution < 1.29 is 38.3 Å². The van der Waals surface area contributed by atoms with E-state index in [0.717, 1.165) is 82.5 Å². The van der Waals surface area contributed by atoms with Gasteiger partial charge < -0.3 is 33.5 Å². The fourth-order valence-electron chi connectivity index (χ4n) is 6.70. The smallest absolute Gasteiger partial charge is 0.316 e. The molecule has 4 fully saturated rings. The third-order valence-electron chi connectivity index (χ3n) is 9.13. The fourth-order valence-corrected chi connectivity index (χ4v) is 7.85. The lowest BCUT2D eigenvalue weighted by Gasteiger charge is -2.30. The standard InChI is InChI=1S/C34H50O8S/c1-2-31(34(35)36)43-23-24-14-16-27-28(30(20-29(27)40-21-24)42-33-13-7-9-19-38-33)17-15-26(41-32-12-6-8-18-37-32)22-39-25-10-4-3-5-11-25/h3-5,10-11,15,17,24,26-33H,2,6-9,12-14,16,18-23H2,1H3,(H,35,36)/t24-,26+,27+,28+,29-,30+,31?,32?,33?/m0/s1. The van der Waals surface area contributed by atoms with Crippen LogP contribution in [-0.2, 0) is 28.5 Å². The van der Waals surface area contributed by atoms with Crippen molar-refractivity contribution in [2.24, 2.45) is 17.8 Å². The maximum Gasteiger partial charge on any atom is 0.316 e. The van der Waals surface area contributed by atoms with Gasteiger partial charge in [0.05, 0.1) is 18.8 Å². The van der Waals surface area contributed by atoms with Crippen molar-refractivity contribution in [2.45, 2.75) is 107 Å². The van der Waals surface area contributed by atoms with E-state index >= 15 is 0 Å². The Bertz CT molecular complexity index is 980. The molecular formula is C34H50O8S. The van der Waals surface area contributed by atoms with Gasteiger partial charge in [0.15, 0.2) is 12.6 Å². The van der Waals surface area contributed by atoms with Crippen LogP contribution in [0.5, 0.6) is 5.75 Å². The quantitative estimate of drug-likeness (QED) is 0.236. The number of carboxylic acids is 1. The van der Waals surface area contributed by atoms with Crippen LogP contribution < -0.4 is 4.74 Å². The molecule has 0 aromatic heterocycles. The largest absolute Gasteiger partial charge is 0.491 e. The van der Waals surface area contributed by atoms with Crippen LogP contribution in [0.3, 0.4) is 0 Å². The maximum atomic E-state index is 11.5. The van der Waals surface area contributed by atoms with Crippen molar-refractivity contribution >= 4 is 17.7 Å². The minimum atomic E-state index is -0.722. The SMILES string of the molecule is CCC(SC[C@H]1CC[C@@H]2[C@@H](C=C[C@H](COc3ccccc3)OC3CCCCO3)[C@H](OC3CCCCO3)C[C@@H]2OC1)C(=O)O. The van der Waals surface area contributed by atoms with E-state index in [2.05, 4.69) is 12.2 Å². The van der Waals surface area contributed by atoms with E-state index < -0.39 is 5.97 Å². The topological polar surface area (TPSA) is 92.7 Å². The molecule has 3 unspecified atom stereocenters. The van der Waals surface area contributed by atoms with Crippen molar-refractivity contribution in [1.82, 2.24) is 0 Å². The highest BCUT2D eigenvalue weighted by atomic mass is 32.2. The lowest BCUT2D eigenvalue weighted by Crippen LogP contribution is -2.32. The molecule has 8 nitrogen and oxygen atoms in total. The third-order valence-corrected chi connectivity index (χ3v) is 10.7. The van der Waals surface area contributed by atoms with Crippen LogP contribution in [0.15, 0.2) is 42.5 Å². The van der Waals surface area contributed by atoms with Crippen LogP contribution in [0.4, 0.5) is 0 Å². The molecular weight excluding hydrogens is 568 g/mol. The highest BCUT2D eigenvalue weighted by Gasteiger charge is 2.46. The van der Waals surface area contributed by atoms with Gasteiger partial charge in [-0.3, -0.25) is 4.79 Å². The summed E-state index contributed by atoms with van der Waals surface area (Å²) in [7, 11) is 0. The Morgan fingerprint density at radius 2 is 1.79 bits per heavy atom. The fraction of sp³-hybridized carbons (Fsp3) is 0.735. The molecule has 1 aliphatic carbocycles. The summed E-state index contributed by atoms with van der Waals surface area (Å²) < 4.78 is 37.7. The van der Waals surface area contributed by atoms with Crippen LogP contribution in [-0.4, -0.2) is 79.4 Å². The summed E-state index contributed by atoms with van der Waals surface area (Å²) in [6, 6.07) is 9.85. The second kappa shape index (κ2) is 17.2. The second-order valence-corrected chi connectivity index (χ2v) is 13.5. The van der Waals surface area contributed by atoms with Gasteiger partial charge in [-0.1, -0.05) is 37.3 Å². The summed E-state index contributed by atoms with van der Waals surface area (Å²) in [6.45, 7) is 4.49. The molecule has 1 aromatic carbocycles. The Kier molecular flexibility index (Phi) is 13.1. The molecule has 1 saturated carbocycles. The first-order valence-corrected chi connectivity index (χ1v) is 17.5. The predicted octanol–water partition coefficient (Wildman–Crippen LogP) is 6.47. The van der Waals surface area contributed by atoms with Gasteiger partial charge in [0.2, 0.25) is 0 Å². The van der Waals surface area contributed by atoms with Gasteiger partial charge in [-0.15, -0.1) is 11.8 Å². The highest BCUT2D eigenvalue weighted by Crippen LogP contribution is 2.44. The molecule has 0 radical (unpaired) electrons. The first-order valence-electron chi connectivity index (χ1n) is 16.4. The van der Waals surface area contributed by atoms with Gasteiger partial charge in [0.1, 0.15) is 23.7 Å². The van der Waals surface area contributed by atoms with Crippen molar-refractivity contribution in [2.75, 3.05) is 32.2 Å². The normalized spacial score (nSPS) is 33.0. The van der Waals surface area contributed by atoms with E-state index in [1.54, 1.807) is 11.8 Å². The number of thioether (sulfide) groups is 1. The minimum Gasteiger partial charge on any atom is -0.491 e. The van der Waals surface area contributed by atoms with Crippen molar-refractivity contribution in [3.63, 3.8) is 0 Å². The molecule has 43 heavy (non-hydrogen) atoms. The molecule has 3 aliphatic heterocycles. The lowest BCUT2D eigenvalue weighted by molar-refractivity contribution is -0.193. The summed E-state index contributed by atoms with van der Waals surface area (Å²) in [4.78, 5) is 11.5. The number of benzene rings is 1. The number of rotatable bonds is 14. The number of aliphatic carboxylic acids is 1. The number of carbonyl (C=O) groups is 1. The Morgan fingerprint density at radius 3 is 2.49 bits per heavy atom. The first kappa shape index (κ1) is 32.8. The molecule has 3 saturated heterocycles. The highest BCUT2D eigenvalue weighted by molar-refractivity contribution is 8.00. The van der Waals surface area contributed by atoms with Crippen LogP contribution in [0.1, 0.15) is 71.1 Å². The van der Waals surface area contributed by atoms with E-state index in [9.17, 15) is 9.90 Å². The van der Waals surface area contributed by atoms with Crippen LogP contribution in [0, 0.1) is 17.8 Å². The number of hydrogen-bond donors (Lipinski definition) is 1. The van der Waals surface area contributed by atoms with E-state index in [1.165, 1.54) is 0 Å². The maximum absolute atomic E-state index is 11.5. The number of para-hydroxylation sites is 1. The summed E-state index contributed by atoms with van der Waals surface area (Å²) in [5, 5.41) is 9.14. The number of hydrogen-bond acceptors (Lipinski definition) is 8. The number of ether oxygens (including phenoxy) is 6. The molecule has 3 heterocycles. The zero-order chi connectivity index (χ0) is 29.9. The zero-order valence-electron chi connectivity index (χ0n) is 25.6. The molecule has 5 rings (SSSR count). The van der Waals surface area contributed by atoms with Gasteiger partial charge in [0, 0.05) is 25.6 Å². The van der Waals surface area contributed by atoms with Crippen molar-refractivity contribution in [3.8, 4) is 5.75 Å². The summed E-state index contributed by atoms with van der Waals surface area (Å²) in [5.41, 5.74) is 0. The monoisotopic (exact) mass is 618 g/mol. The first-order chi connectivity index (χ1) is 21.1. The van der Waals surface area contributed by atoms with Gasteiger partial charge in [-0.2, -0.15) is 0 Å². The Hall–Kier alpha value is -1.62. The van der Waals surface area contributed by atoms with E-state index in [4.69, 9.17) is 28.4 Å². The lowest BCUT2D eigenvalue weighted by atomic mass is 9.87. The van der Waals surface area contributed by atoms with Gasteiger partial charge >= 0.3 is 5.97 Å². The predicted molar refractivity (Wildman–Crippen MR) is 166 cm³/mol. The van der Waals surface area contributed by atoms with E-state index in [1.807, 2.05) is 37.3 Å². The molecule has 1 aromatic rings. The van der Waals surface area contributed by atoms with E-state index in [0.29, 0.717) is 31.5 Å². The zero-order valence-corrected chi connectivity index (χ0v) is 26.4. The van der Waals surface area contributed by atoms with Crippen LogP contribution >= 0.6 is 11.8 Å². The molecule has 1 N–H and O–H groups in total. The van der Waals surface area contributed by atoms with Gasteiger partial charge in [0.25, 0.3) is 0 Å². The molecule has 9 heteroatoms. The minimum absolute atomic E-state index is 0.0124. The van der Waals surface area contributed by atoms with E-state index in [-0.39, 0.29) is 42.1 Å². The third kappa shape index (κ3) is 9.93. The summed E-state index contributed by atoms with van der Waals surface area (Å²) in [6.07, 6.45) is 13.7. The average Bonchev–Trinajstić information content (AvgIpc) is 3.22. The van der Waals surface area contributed by atoms with Crippen LogP contribution in [0.2, 0.25) is 0 Å². The summed E-state index contributed by atoms with van der Waals surface area (Å²) in [5.74, 6) is 1.76. The molecule has 240 valence electrons. The molecule has 9 atom stereocenters.